The summed E-state index contributed by atoms with van der Waals surface area (Å²) in [6.07, 6.45) is 2.32. The lowest BCUT2D eigenvalue weighted by Crippen LogP contribution is -2.28. The molecule has 1 N–H and O–H groups in total. The Hall–Kier alpha value is -1.56. The second kappa shape index (κ2) is 5.67. The van der Waals surface area contributed by atoms with Gasteiger partial charge in [0, 0.05) is 6.04 Å². The molecule has 1 aliphatic rings. The quantitative estimate of drug-likeness (QED) is 0.812. The van der Waals surface area contributed by atoms with Gasteiger partial charge < -0.3 is 19.5 Å². The Morgan fingerprint density at radius 2 is 2.00 bits per heavy atom. The minimum atomic E-state index is 0.287. The number of nitrogens with one attached hydrogen (secondary N) is 1. The summed E-state index contributed by atoms with van der Waals surface area (Å²) in [5.74, 6) is 0.873. The van der Waals surface area contributed by atoms with Gasteiger partial charge in [0.25, 0.3) is 0 Å². The minimum absolute atomic E-state index is 0.287. The zero-order chi connectivity index (χ0) is 12.1. The molecule has 1 atom stereocenters. The molecule has 1 saturated heterocycles. The van der Waals surface area contributed by atoms with E-state index in [0.29, 0.717) is 24.4 Å². The predicted octanol–water partition coefficient (Wildman–Crippen LogP) is 0.625. The highest BCUT2D eigenvalue weighted by Gasteiger charge is 2.15. The van der Waals surface area contributed by atoms with Gasteiger partial charge in [-0.05, 0) is 19.4 Å². The van der Waals surface area contributed by atoms with Crippen LogP contribution in [0.15, 0.2) is 6.07 Å². The van der Waals surface area contributed by atoms with Crippen LogP contribution in [0.2, 0.25) is 0 Å². The van der Waals surface area contributed by atoms with E-state index < -0.39 is 0 Å². The number of hydrogen-bond donors (Lipinski definition) is 1. The van der Waals surface area contributed by atoms with Crippen LogP contribution in [0.5, 0.6) is 17.8 Å². The van der Waals surface area contributed by atoms with Gasteiger partial charge >= 0.3 is 6.01 Å². The molecule has 0 bridgehead atoms. The van der Waals surface area contributed by atoms with E-state index in [4.69, 9.17) is 14.2 Å². The molecule has 0 amide bonds. The fraction of sp³-hybridized carbons (Fsp3) is 0.636. The van der Waals surface area contributed by atoms with Crippen LogP contribution < -0.4 is 19.5 Å². The molecule has 0 aromatic carbocycles. The van der Waals surface area contributed by atoms with E-state index in [0.717, 1.165) is 13.0 Å². The molecule has 2 rings (SSSR count). The molecule has 6 nitrogen and oxygen atoms in total. The number of hydrogen-bond acceptors (Lipinski definition) is 6. The molecule has 17 heavy (non-hydrogen) atoms. The van der Waals surface area contributed by atoms with Gasteiger partial charge in [0.1, 0.15) is 6.61 Å². The van der Waals surface area contributed by atoms with Crippen LogP contribution in [0.25, 0.3) is 0 Å². The van der Waals surface area contributed by atoms with Gasteiger partial charge in [0.15, 0.2) is 0 Å². The predicted molar refractivity (Wildman–Crippen MR) is 61.7 cm³/mol. The van der Waals surface area contributed by atoms with Crippen molar-refractivity contribution in [3.63, 3.8) is 0 Å². The molecular weight excluding hydrogens is 222 g/mol. The standard InChI is InChI=1S/C11H17N3O3/c1-15-9-6-10(16-2)14-11(13-9)17-7-8-4-3-5-12-8/h6,8,12H,3-5,7H2,1-2H3. The summed E-state index contributed by atoms with van der Waals surface area (Å²) in [7, 11) is 3.09. The van der Waals surface area contributed by atoms with Gasteiger partial charge in [-0.25, -0.2) is 0 Å². The molecule has 0 radical (unpaired) electrons. The third-order valence-electron chi connectivity index (χ3n) is 2.65. The molecule has 1 aromatic rings. The first kappa shape index (κ1) is 11.9. The van der Waals surface area contributed by atoms with Crippen LogP contribution in [0.4, 0.5) is 0 Å². The zero-order valence-corrected chi connectivity index (χ0v) is 10.1. The van der Waals surface area contributed by atoms with Gasteiger partial charge in [-0.1, -0.05) is 0 Å². The molecule has 0 spiro atoms. The Bertz CT molecular complexity index is 345. The first-order valence-corrected chi connectivity index (χ1v) is 5.65. The Labute approximate surface area is 100 Å². The third-order valence-corrected chi connectivity index (χ3v) is 2.65. The number of rotatable bonds is 5. The number of nitrogens with zero attached hydrogens (tertiary/aromatic N) is 2. The Kier molecular flexibility index (Phi) is 3.98. The van der Waals surface area contributed by atoms with Crippen molar-refractivity contribution in [3.8, 4) is 17.8 Å². The molecule has 1 aliphatic heterocycles. The summed E-state index contributed by atoms with van der Waals surface area (Å²) in [6, 6.07) is 2.28. The lowest BCUT2D eigenvalue weighted by Gasteiger charge is -2.11. The summed E-state index contributed by atoms with van der Waals surface area (Å²) in [4.78, 5) is 8.19. The van der Waals surface area contributed by atoms with E-state index in [2.05, 4.69) is 15.3 Å². The van der Waals surface area contributed by atoms with Gasteiger partial charge in [0.05, 0.1) is 20.3 Å². The molecule has 0 aliphatic carbocycles. The third kappa shape index (κ3) is 3.20. The molecule has 1 aromatic heterocycles. The topological polar surface area (TPSA) is 65.5 Å². The summed E-state index contributed by atoms with van der Waals surface area (Å²) in [5.41, 5.74) is 0. The number of ether oxygens (including phenoxy) is 3. The average Bonchev–Trinajstić information content (AvgIpc) is 2.89. The molecule has 6 heteroatoms. The maximum Gasteiger partial charge on any atom is 0.323 e. The van der Waals surface area contributed by atoms with Crippen LogP contribution in [0.3, 0.4) is 0 Å². The van der Waals surface area contributed by atoms with Crippen LogP contribution in [-0.2, 0) is 0 Å². The van der Waals surface area contributed by atoms with Crippen molar-refractivity contribution in [1.29, 1.82) is 0 Å². The van der Waals surface area contributed by atoms with Crippen molar-refractivity contribution >= 4 is 0 Å². The van der Waals surface area contributed by atoms with E-state index >= 15 is 0 Å². The van der Waals surface area contributed by atoms with Gasteiger partial charge in [-0.3, -0.25) is 0 Å². The maximum absolute atomic E-state index is 5.53. The van der Waals surface area contributed by atoms with Gasteiger partial charge in [-0.15, -0.1) is 0 Å². The maximum atomic E-state index is 5.53. The normalized spacial score (nSPS) is 19.1. The SMILES string of the molecule is COc1cc(OC)nc(OCC2CCCN2)n1. The Morgan fingerprint density at radius 3 is 2.53 bits per heavy atom. The number of methoxy groups -OCH3 is 2. The van der Waals surface area contributed by atoms with E-state index in [-0.39, 0.29) is 6.01 Å². The van der Waals surface area contributed by atoms with E-state index in [1.165, 1.54) is 6.42 Å². The lowest BCUT2D eigenvalue weighted by molar-refractivity contribution is 0.247. The molecule has 94 valence electrons. The molecule has 1 unspecified atom stereocenters. The van der Waals surface area contributed by atoms with Gasteiger partial charge in [0.2, 0.25) is 11.8 Å². The largest absolute Gasteiger partial charge is 0.481 e. The second-order valence-electron chi connectivity index (χ2n) is 3.84. The molecule has 1 fully saturated rings. The van der Waals surface area contributed by atoms with Crippen molar-refractivity contribution < 1.29 is 14.2 Å². The fourth-order valence-electron chi connectivity index (χ4n) is 1.73. The molecule has 0 saturated carbocycles. The molecule has 2 heterocycles. The summed E-state index contributed by atoms with van der Waals surface area (Å²) >= 11 is 0. The fourth-order valence-corrected chi connectivity index (χ4v) is 1.73. The van der Waals surface area contributed by atoms with Crippen LogP contribution in [0, 0.1) is 0 Å². The first-order valence-electron chi connectivity index (χ1n) is 5.65. The highest BCUT2D eigenvalue weighted by Crippen LogP contribution is 2.19. The van der Waals surface area contributed by atoms with Crippen molar-refractivity contribution in [2.45, 2.75) is 18.9 Å². The van der Waals surface area contributed by atoms with Crippen LogP contribution >= 0.6 is 0 Å². The van der Waals surface area contributed by atoms with E-state index in [1.54, 1.807) is 20.3 Å². The smallest absolute Gasteiger partial charge is 0.323 e. The average molecular weight is 239 g/mol. The number of aromatic nitrogens is 2. The highest BCUT2D eigenvalue weighted by atomic mass is 16.5. The van der Waals surface area contributed by atoms with Crippen molar-refractivity contribution in [1.82, 2.24) is 15.3 Å². The Balaban J connectivity index is 1.98. The Morgan fingerprint density at radius 1 is 1.29 bits per heavy atom. The highest BCUT2D eigenvalue weighted by molar-refractivity contribution is 5.22. The van der Waals surface area contributed by atoms with E-state index in [1.807, 2.05) is 0 Å². The van der Waals surface area contributed by atoms with E-state index in [9.17, 15) is 0 Å². The van der Waals surface area contributed by atoms with Gasteiger partial charge in [-0.2, -0.15) is 9.97 Å². The van der Waals surface area contributed by atoms with Crippen molar-refractivity contribution in [2.75, 3.05) is 27.4 Å². The molecular formula is C11H17N3O3. The summed E-state index contributed by atoms with van der Waals surface area (Å²) in [6.45, 7) is 1.62. The van der Waals surface area contributed by atoms with Crippen LogP contribution in [0.1, 0.15) is 12.8 Å². The second-order valence-corrected chi connectivity index (χ2v) is 3.84. The first-order chi connectivity index (χ1) is 8.31. The summed E-state index contributed by atoms with van der Waals surface area (Å²) in [5, 5.41) is 3.34. The van der Waals surface area contributed by atoms with Crippen molar-refractivity contribution in [3.05, 3.63) is 6.07 Å². The summed E-state index contributed by atoms with van der Waals surface area (Å²) < 4.78 is 15.6. The monoisotopic (exact) mass is 239 g/mol. The minimum Gasteiger partial charge on any atom is -0.481 e. The zero-order valence-electron chi connectivity index (χ0n) is 10.1. The lowest BCUT2D eigenvalue weighted by atomic mass is 10.2. The van der Waals surface area contributed by atoms with Crippen LogP contribution in [-0.4, -0.2) is 43.4 Å². The van der Waals surface area contributed by atoms with Crippen molar-refractivity contribution in [2.24, 2.45) is 0 Å².